The summed E-state index contributed by atoms with van der Waals surface area (Å²) < 4.78 is 14.1. The van der Waals surface area contributed by atoms with Gasteiger partial charge in [0.05, 0.1) is 5.75 Å². The number of nitrogens with one attached hydrogen (secondary N) is 2. The quantitative estimate of drug-likeness (QED) is 0.533. The van der Waals surface area contributed by atoms with Crippen molar-refractivity contribution in [2.24, 2.45) is 5.92 Å². The molecule has 146 valence electrons. The number of benzene rings is 2. The highest BCUT2D eigenvalue weighted by Gasteiger charge is 2.29. The van der Waals surface area contributed by atoms with Crippen molar-refractivity contribution in [3.05, 3.63) is 53.3 Å². The first-order valence-corrected chi connectivity index (χ1v) is 9.96. The van der Waals surface area contributed by atoms with E-state index in [1.165, 1.54) is 19.1 Å². The SMILES string of the molecule is CC(=O)c1ccc(SCC(=O)Nc2cc(NC(=O)C3CC3)ccc2C)c(F)c1. The first-order valence-electron chi connectivity index (χ1n) is 8.98. The Morgan fingerprint density at radius 3 is 2.50 bits per heavy atom. The Balaban J connectivity index is 1.60. The fraction of sp³-hybridized carbons (Fsp3) is 0.286. The zero-order chi connectivity index (χ0) is 20.3. The lowest BCUT2D eigenvalue weighted by molar-refractivity contribution is -0.117. The number of amides is 2. The molecule has 7 heteroatoms. The number of carbonyl (C=O) groups is 3. The van der Waals surface area contributed by atoms with E-state index in [0.717, 1.165) is 30.2 Å². The molecule has 0 spiro atoms. The number of aryl methyl sites for hydroxylation is 1. The molecule has 0 atom stereocenters. The summed E-state index contributed by atoms with van der Waals surface area (Å²) in [5, 5.41) is 5.65. The molecule has 1 aliphatic carbocycles. The second-order valence-electron chi connectivity index (χ2n) is 6.83. The van der Waals surface area contributed by atoms with Crippen LogP contribution in [0.5, 0.6) is 0 Å². The van der Waals surface area contributed by atoms with Gasteiger partial charge >= 0.3 is 0 Å². The van der Waals surface area contributed by atoms with Crippen LogP contribution in [-0.2, 0) is 9.59 Å². The zero-order valence-electron chi connectivity index (χ0n) is 15.7. The van der Waals surface area contributed by atoms with Gasteiger partial charge in [-0.3, -0.25) is 14.4 Å². The number of thioether (sulfide) groups is 1. The first kappa shape index (κ1) is 20.1. The van der Waals surface area contributed by atoms with Gasteiger partial charge in [-0.05, 0) is 56.5 Å². The highest BCUT2D eigenvalue weighted by atomic mass is 32.2. The minimum Gasteiger partial charge on any atom is -0.326 e. The van der Waals surface area contributed by atoms with Crippen LogP contribution in [0.4, 0.5) is 15.8 Å². The van der Waals surface area contributed by atoms with Gasteiger partial charge in [-0.1, -0.05) is 12.1 Å². The third-order valence-corrected chi connectivity index (χ3v) is 5.47. The van der Waals surface area contributed by atoms with E-state index in [-0.39, 0.29) is 29.3 Å². The van der Waals surface area contributed by atoms with E-state index in [1.807, 2.05) is 13.0 Å². The number of Topliss-reactive ketones (excluding diaryl/α,β-unsaturated/α-hetero) is 1. The largest absolute Gasteiger partial charge is 0.326 e. The Hall–Kier alpha value is -2.67. The van der Waals surface area contributed by atoms with Crippen LogP contribution in [0.15, 0.2) is 41.3 Å². The molecule has 2 aromatic carbocycles. The number of carbonyl (C=O) groups excluding carboxylic acids is 3. The van der Waals surface area contributed by atoms with Crippen molar-refractivity contribution in [3.63, 3.8) is 0 Å². The van der Waals surface area contributed by atoms with E-state index in [9.17, 15) is 18.8 Å². The summed E-state index contributed by atoms with van der Waals surface area (Å²) in [7, 11) is 0. The van der Waals surface area contributed by atoms with Crippen molar-refractivity contribution in [2.45, 2.75) is 31.6 Å². The van der Waals surface area contributed by atoms with Gasteiger partial charge in [0.2, 0.25) is 11.8 Å². The minimum atomic E-state index is -0.522. The molecule has 5 nitrogen and oxygen atoms in total. The number of rotatable bonds is 7. The average Bonchev–Trinajstić information content (AvgIpc) is 3.48. The summed E-state index contributed by atoms with van der Waals surface area (Å²) in [4.78, 5) is 35.8. The molecule has 1 saturated carbocycles. The number of hydrogen-bond acceptors (Lipinski definition) is 4. The van der Waals surface area contributed by atoms with Crippen LogP contribution in [0.3, 0.4) is 0 Å². The third kappa shape index (κ3) is 5.19. The average molecular weight is 400 g/mol. The molecule has 0 unspecified atom stereocenters. The molecular weight excluding hydrogens is 379 g/mol. The normalized spacial score (nSPS) is 13.1. The standard InChI is InChI=1S/C21H21FN2O3S/c1-12-3-7-16(23-21(27)14-4-5-14)10-18(12)24-20(26)11-28-19-8-6-15(13(2)25)9-17(19)22/h3,6-10,14H,4-5,11H2,1-2H3,(H,23,27)(H,24,26). The lowest BCUT2D eigenvalue weighted by Crippen LogP contribution is -2.16. The Morgan fingerprint density at radius 2 is 1.86 bits per heavy atom. The molecule has 0 heterocycles. The van der Waals surface area contributed by atoms with Crippen LogP contribution in [-0.4, -0.2) is 23.4 Å². The van der Waals surface area contributed by atoms with Crippen molar-refractivity contribution in [2.75, 3.05) is 16.4 Å². The maximum Gasteiger partial charge on any atom is 0.234 e. The Bertz CT molecular complexity index is 941. The predicted octanol–water partition coefficient (Wildman–Crippen LogP) is 4.42. The lowest BCUT2D eigenvalue weighted by atomic mass is 10.1. The smallest absolute Gasteiger partial charge is 0.234 e. The van der Waals surface area contributed by atoms with E-state index in [1.54, 1.807) is 18.2 Å². The van der Waals surface area contributed by atoms with Gasteiger partial charge in [0.25, 0.3) is 0 Å². The van der Waals surface area contributed by atoms with Crippen molar-refractivity contribution >= 4 is 40.7 Å². The Kier molecular flexibility index (Phi) is 6.14. The fourth-order valence-corrected chi connectivity index (χ4v) is 3.31. The van der Waals surface area contributed by atoms with Crippen molar-refractivity contribution in [3.8, 4) is 0 Å². The number of ketones is 1. The molecular formula is C21H21FN2O3S. The highest BCUT2D eigenvalue weighted by molar-refractivity contribution is 8.00. The summed E-state index contributed by atoms with van der Waals surface area (Å²) >= 11 is 1.06. The van der Waals surface area contributed by atoms with Crippen LogP contribution < -0.4 is 10.6 Å². The van der Waals surface area contributed by atoms with Gasteiger partial charge < -0.3 is 10.6 Å². The maximum absolute atomic E-state index is 14.1. The summed E-state index contributed by atoms with van der Waals surface area (Å²) in [6, 6.07) is 9.57. The van der Waals surface area contributed by atoms with Crippen molar-refractivity contribution in [1.29, 1.82) is 0 Å². The molecule has 3 rings (SSSR count). The third-order valence-electron chi connectivity index (χ3n) is 4.42. The minimum absolute atomic E-state index is 0.00108. The monoisotopic (exact) mass is 400 g/mol. The van der Waals surface area contributed by atoms with E-state index >= 15 is 0 Å². The van der Waals surface area contributed by atoms with Crippen LogP contribution in [0.1, 0.15) is 35.7 Å². The van der Waals surface area contributed by atoms with Gasteiger partial charge in [-0.2, -0.15) is 0 Å². The van der Waals surface area contributed by atoms with Crippen LogP contribution in [0, 0.1) is 18.7 Å². The van der Waals surface area contributed by atoms with E-state index in [2.05, 4.69) is 10.6 Å². The molecule has 0 radical (unpaired) electrons. The van der Waals surface area contributed by atoms with Gasteiger partial charge in [0.15, 0.2) is 5.78 Å². The summed E-state index contributed by atoms with van der Waals surface area (Å²) in [5.41, 5.74) is 2.40. The van der Waals surface area contributed by atoms with Crippen LogP contribution >= 0.6 is 11.8 Å². The van der Waals surface area contributed by atoms with Crippen molar-refractivity contribution < 1.29 is 18.8 Å². The Labute approximate surface area is 167 Å². The number of halogens is 1. The molecule has 2 aromatic rings. The summed E-state index contributed by atoms with van der Waals surface area (Å²) in [6.45, 7) is 3.23. The Morgan fingerprint density at radius 1 is 1.11 bits per heavy atom. The summed E-state index contributed by atoms with van der Waals surface area (Å²) in [5.74, 6) is -0.896. The molecule has 2 N–H and O–H groups in total. The maximum atomic E-state index is 14.1. The molecule has 28 heavy (non-hydrogen) atoms. The molecule has 2 amide bonds. The molecule has 1 aliphatic rings. The zero-order valence-corrected chi connectivity index (χ0v) is 16.5. The van der Waals surface area contributed by atoms with Gasteiger partial charge in [0, 0.05) is 27.8 Å². The van der Waals surface area contributed by atoms with E-state index < -0.39 is 5.82 Å². The van der Waals surface area contributed by atoms with Gasteiger partial charge in [-0.25, -0.2) is 4.39 Å². The second-order valence-corrected chi connectivity index (χ2v) is 7.85. The predicted molar refractivity (Wildman–Crippen MR) is 108 cm³/mol. The van der Waals surface area contributed by atoms with E-state index in [4.69, 9.17) is 0 Å². The molecule has 0 saturated heterocycles. The van der Waals surface area contributed by atoms with E-state index in [0.29, 0.717) is 21.8 Å². The fourth-order valence-electron chi connectivity index (χ4n) is 2.59. The molecule has 0 aromatic heterocycles. The number of hydrogen-bond donors (Lipinski definition) is 2. The second kappa shape index (κ2) is 8.56. The van der Waals surface area contributed by atoms with Gasteiger partial charge in [-0.15, -0.1) is 11.8 Å². The highest BCUT2D eigenvalue weighted by Crippen LogP contribution is 2.31. The lowest BCUT2D eigenvalue weighted by Gasteiger charge is -2.12. The topological polar surface area (TPSA) is 75.3 Å². The number of anilines is 2. The van der Waals surface area contributed by atoms with Crippen molar-refractivity contribution in [1.82, 2.24) is 0 Å². The molecule has 0 aliphatic heterocycles. The molecule has 0 bridgehead atoms. The molecule has 1 fully saturated rings. The van der Waals surface area contributed by atoms with Crippen LogP contribution in [0.25, 0.3) is 0 Å². The van der Waals surface area contributed by atoms with Gasteiger partial charge in [0.1, 0.15) is 5.82 Å². The first-order chi connectivity index (χ1) is 13.3. The van der Waals surface area contributed by atoms with Crippen LogP contribution in [0.2, 0.25) is 0 Å². The summed E-state index contributed by atoms with van der Waals surface area (Å²) in [6.07, 6.45) is 1.84.